The van der Waals surface area contributed by atoms with E-state index in [0.29, 0.717) is 0 Å². The Morgan fingerprint density at radius 2 is 1.70 bits per heavy atom. The summed E-state index contributed by atoms with van der Waals surface area (Å²) in [5.74, 6) is 0. The zero-order chi connectivity index (χ0) is 19.3. The number of pyridine rings is 1. The first-order chi connectivity index (χ1) is 12.8. The van der Waals surface area contributed by atoms with Crippen molar-refractivity contribution in [2.75, 3.05) is 0 Å². The predicted octanol–water partition coefficient (Wildman–Crippen LogP) is 3.46. The lowest BCUT2D eigenvalue weighted by Crippen LogP contribution is -2.13. The number of hydrogen-bond donors (Lipinski definition) is 1. The number of nitrogens with two attached hydrogens (primary N) is 1. The quantitative estimate of drug-likeness (QED) is 0.589. The fraction of sp³-hybridized carbons (Fsp3) is 0.200. The third kappa shape index (κ3) is 2.98. The monoisotopic (exact) mass is 380 g/mol. The number of fused-ring (bicyclic) bond motifs is 3. The lowest BCUT2D eigenvalue weighted by molar-refractivity contribution is 0.584. The summed E-state index contributed by atoms with van der Waals surface area (Å²) in [5, 5.41) is 11.8. The van der Waals surface area contributed by atoms with Crippen LogP contribution in [0.15, 0.2) is 53.7 Å². The van der Waals surface area contributed by atoms with Gasteiger partial charge in [0.05, 0.1) is 28.2 Å². The largest absolute Gasteiger partial charge is 0.257 e. The topological polar surface area (TPSA) is 90.9 Å². The Bertz CT molecular complexity index is 1280. The molecule has 0 saturated carbocycles. The molecule has 0 unspecified atom stereocenters. The molecular formula is C20H20N4O2S. The van der Waals surface area contributed by atoms with Gasteiger partial charge in [0.2, 0.25) is 10.0 Å². The van der Waals surface area contributed by atoms with E-state index in [1.807, 2.05) is 24.0 Å². The minimum Gasteiger partial charge on any atom is -0.257 e. The maximum atomic E-state index is 11.5. The van der Waals surface area contributed by atoms with Crippen LogP contribution in [0, 0.1) is 13.8 Å². The van der Waals surface area contributed by atoms with E-state index in [1.165, 1.54) is 23.3 Å². The van der Waals surface area contributed by atoms with E-state index < -0.39 is 10.0 Å². The van der Waals surface area contributed by atoms with Gasteiger partial charge in [-0.05, 0) is 61.7 Å². The summed E-state index contributed by atoms with van der Waals surface area (Å²) in [6.07, 6.45) is 3.65. The van der Waals surface area contributed by atoms with Gasteiger partial charge in [-0.2, -0.15) is 5.10 Å². The number of aromatic nitrogens is 3. The van der Waals surface area contributed by atoms with E-state index in [9.17, 15) is 8.42 Å². The number of nitrogens with zero attached hydrogens (tertiary/aromatic N) is 3. The minimum absolute atomic E-state index is 0.0794. The van der Waals surface area contributed by atoms with Crippen molar-refractivity contribution in [1.82, 2.24) is 14.8 Å². The molecule has 0 saturated heterocycles. The molecule has 2 N–H and O–H groups in total. The molecule has 27 heavy (non-hydrogen) atoms. The maximum absolute atomic E-state index is 11.5. The zero-order valence-electron chi connectivity index (χ0n) is 15.3. The maximum Gasteiger partial charge on any atom is 0.238 e. The van der Waals surface area contributed by atoms with Crippen LogP contribution in [0.4, 0.5) is 0 Å². The standard InChI is InChI=1S/C20H20N4O2S/c1-12-8-18-19(9-13(12)2)22-10-16-11-23-24(20(16)18)14(3)15-4-6-17(7-5-15)27(21,25)26/h4-11,14H,1-3H3,(H2,21,25,26)/t14-/m1/s1. The highest BCUT2D eigenvalue weighted by Crippen LogP contribution is 2.30. The molecule has 0 aliphatic rings. The number of sulfonamides is 1. The predicted molar refractivity (Wildman–Crippen MR) is 106 cm³/mol. The Morgan fingerprint density at radius 3 is 2.37 bits per heavy atom. The molecule has 4 rings (SSSR count). The second-order valence-corrected chi connectivity index (χ2v) is 8.46. The van der Waals surface area contributed by atoms with Crippen molar-refractivity contribution < 1.29 is 8.42 Å². The van der Waals surface area contributed by atoms with E-state index >= 15 is 0 Å². The summed E-state index contributed by atoms with van der Waals surface area (Å²) in [7, 11) is -3.70. The van der Waals surface area contributed by atoms with Crippen molar-refractivity contribution in [3.05, 3.63) is 65.5 Å². The molecule has 0 radical (unpaired) electrons. The Balaban J connectivity index is 1.88. The minimum atomic E-state index is -3.70. The Hall–Kier alpha value is -2.77. The normalized spacial score (nSPS) is 13.3. The number of hydrogen-bond acceptors (Lipinski definition) is 4. The van der Waals surface area contributed by atoms with Crippen LogP contribution in [-0.2, 0) is 10.0 Å². The second-order valence-electron chi connectivity index (χ2n) is 6.89. The van der Waals surface area contributed by atoms with Crippen molar-refractivity contribution in [1.29, 1.82) is 0 Å². The highest BCUT2D eigenvalue weighted by Gasteiger charge is 2.16. The van der Waals surface area contributed by atoms with Gasteiger partial charge in [-0.3, -0.25) is 9.67 Å². The van der Waals surface area contributed by atoms with E-state index in [-0.39, 0.29) is 10.9 Å². The average molecular weight is 380 g/mol. The molecule has 4 aromatic rings. The van der Waals surface area contributed by atoms with Gasteiger partial charge in [0.15, 0.2) is 0 Å². The summed E-state index contributed by atoms with van der Waals surface area (Å²) in [6.45, 7) is 6.20. The molecule has 6 nitrogen and oxygen atoms in total. The van der Waals surface area contributed by atoms with Crippen LogP contribution in [0.5, 0.6) is 0 Å². The number of aryl methyl sites for hydroxylation is 2. The molecular weight excluding hydrogens is 360 g/mol. The van der Waals surface area contributed by atoms with E-state index in [1.54, 1.807) is 12.1 Å². The summed E-state index contributed by atoms with van der Waals surface area (Å²) >= 11 is 0. The third-order valence-corrected chi connectivity index (χ3v) is 6.02. The van der Waals surface area contributed by atoms with Gasteiger partial charge >= 0.3 is 0 Å². The van der Waals surface area contributed by atoms with Gasteiger partial charge < -0.3 is 0 Å². The molecule has 0 aliphatic heterocycles. The highest BCUT2D eigenvalue weighted by atomic mass is 32.2. The molecule has 138 valence electrons. The number of primary sulfonamides is 1. The van der Waals surface area contributed by atoms with Crippen LogP contribution >= 0.6 is 0 Å². The first kappa shape index (κ1) is 17.6. The molecule has 2 heterocycles. The number of rotatable bonds is 3. The average Bonchev–Trinajstić information content (AvgIpc) is 3.06. The van der Waals surface area contributed by atoms with Crippen LogP contribution in [0.3, 0.4) is 0 Å². The lowest BCUT2D eigenvalue weighted by Gasteiger charge is -2.16. The Morgan fingerprint density at radius 1 is 1.04 bits per heavy atom. The Kier molecular flexibility index (Phi) is 4.01. The van der Waals surface area contributed by atoms with Crippen molar-refractivity contribution in [3.8, 4) is 0 Å². The van der Waals surface area contributed by atoms with Gasteiger partial charge in [-0.15, -0.1) is 0 Å². The first-order valence-corrected chi connectivity index (χ1v) is 10.2. The Labute approximate surface area is 157 Å². The van der Waals surface area contributed by atoms with E-state index in [0.717, 1.165) is 27.4 Å². The van der Waals surface area contributed by atoms with Gasteiger partial charge in [0.1, 0.15) is 0 Å². The summed E-state index contributed by atoms with van der Waals surface area (Å²) in [4.78, 5) is 4.66. The molecule has 0 spiro atoms. The zero-order valence-corrected chi connectivity index (χ0v) is 16.2. The molecule has 1 atom stereocenters. The van der Waals surface area contributed by atoms with Crippen LogP contribution < -0.4 is 5.14 Å². The smallest absolute Gasteiger partial charge is 0.238 e. The van der Waals surface area contributed by atoms with Crippen molar-refractivity contribution in [3.63, 3.8) is 0 Å². The van der Waals surface area contributed by atoms with E-state index in [4.69, 9.17) is 5.14 Å². The molecule has 2 aromatic carbocycles. The van der Waals surface area contributed by atoms with E-state index in [2.05, 4.69) is 36.1 Å². The molecule has 0 amide bonds. The van der Waals surface area contributed by atoms with Crippen molar-refractivity contribution in [2.45, 2.75) is 31.7 Å². The van der Waals surface area contributed by atoms with Crippen LogP contribution in [0.1, 0.15) is 29.7 Å². The molecule has 0 aliphatic carbocycles. The molecule has 0 fully saturated rings. The third-order valence-electron chi connectivity index (χ3n) is 5.09. The van der Waals surface area contributed by atoms with Crippen molar-refractivity contribution in [2.24, 2.45) is 5.14 Å². The van der Waals surface area contributed by atoms with Gasteiger partial charge in [0.25, 0.3) is 0 Å². The van der Waals surface area contributed by atoms with Gasteiger partial charge in [-0.1, -0.05) is 12.1 Å². The summed E-state index contributed by atoms with van der Waals surface area (Å²) in [6, 6.07) is 10.8. The number of benzene rings is 2. The van der Waals surface area contributed by atoms with Crippen molar-refractivity contribution >= 4 is 31.8 Å². The molecule has 0 bridgehead atoms. The van der Waals surface area contributed by atoms with Gasteiger partial charge in [-0.25, -0.2) is 13.6 Å². The molecule has 7 heteroatoms. The van der Waals surface area contributed by atoms with Crippen LogP contribution in [0.2, 0.25) is 0 Å². The van der Waals surface area contributed by atoms with Crippen LogP contribution in [0.25, 0.3) is 21.8 Å². The highest BCUT2D eigenvalue weighted by molar-refractivity contribution is 7.89. The summed E-state index contributed by atoms with van der Waals surface area (Å²) in [5.41, 5.74) is 5.30. The second kappa shape index (κ2) is 6.14. The molecule has 2 aromatic heterocycles. The SMILES string of the molecule is Cc1cc2ncc3cnn([C@H](C)c4ccc(S(N)(=O)=O)cc4)c3c2cc1C. The summed E-state index contributed by atoms with van der Waals surface area (Å²) < 4.78 is 24.9. The fourth-order valence-electron chi connectivity index (χ4n) is 3.36. The first-order valence-electron chi connectivity index (χ1n) is 8.61. The fourth-order valence-corrected chi connectivity index (χ4v) is 3.87. The van der Waals surface area contributed by atoms with Gasteiger partial charge in [0, 0.05) is 17.0 Å². The van der Waals surface area contributed by atoms with Crippen LogP contribution in [-0.4, -0.2) is 23.2 Å². The lowest BCUT2D eigenvalue weighted by atomic mass is 10.0.